The van der Waals surface area contributed by atoms with Gasteiger partial charge in [-0.3, -0.25) is 9.59 Å². The van der Waals surface area contributed by atoms with Crippen molar-refractivity contribution < 1.29 is 19.1 Å². The number of carbonyl (C=O) groups excluding carboxylic acids is 2. The van der Waals surface area contributed by atoms with Crippen molar-refractivity contribution in [1.82, 2.24) is 0 Å². The SMILES string of the molecule is CCOC(=O)[C@H]1CC[C@@H](OC)[C@H]2CCC=C1C2=O. The minimum Gasteiger partial charge on any atom is -0.466 e. The molecule has 0 radical (unpaired) electrons. The van der Waals surface area contributed by atoms with Crippen molar-refractivity contribution in [2.75, 3.05) is 13.7 Å². The summed E-state index contributed by atoms with van der Waals surface area (Å²) in [6.07, 6.45) is 4.93. The van der Waals surface area contributed by atoms with Gasteiger partial charge >= 0.3 is 5.97 Å². The van der Waals surface area contributed by atoms with E-state index in [1.165, 1.54) is 0 Å². The van der Waals surface area contributed by atoms with Gasteiger partial charge in [-0.1, -0.05) is 6.08 Å². The lowest BCUT2D eigenvalue weighted by molar-refractivity contribution is -0.147. The molecule has 0 aromatic carbocycles. The van der Waals surface area contributed by atoms with Crippen LogP contribution in [0.2, 0.25) is 0 Å². The Morgan fingerprint density at radius 3 is 2.83 bits per heavy atom. The normalized spacial score (nSPS) is 31.6. The Morgan fingerprint density at radius 2 is 2.17 bits per heavy atom. The van der Waals surface area contributed by atoms with E-state index >= 15 is 0 Å². The Hall–Kier alpha value is -1.16. The molecule has 1 fully saturated rings. The Balaban J connectivity index is 2.25. The Kier molecular flexibility index (Phi) is 4.17. The van der Waals surface area contributed by atoms with Gasteiger partial charge in [-0.05, 0) is 32.6 Å². The number of esters is 1. The zero-order valence-electron chi connectivity index (χ0n) is 11.0. The Labute approximate surface area is 107 Å². The average molecular weight is 252 g/mol. The second kappa shape index (κ2) is 5.65. The van der Waals surface area contributed by atoms with E-state index in [2.05, 4.69) is 0 Å². The number of carbonyl (C=O) groups is 2. The highest BCUT2D eigenvalue weighted by Gasteiger charge is 2.41. The van der Waals surface area contributed by atoms with Gasteiger partial charge in [0.05, 0.1) is 18.6 Å². The molecule has 100 valence electrons. The fraction of sp³-hybridized carbons (Fsp3) is 0.714. The van der Waals surface area contributed by atoms with Crippen molar-refractivity contribution in [1.29, 1.82) is 0 Å². The van der Waals surface area contributed by atoms with Crippen LogP contribution in [0.25, 0.3) is 0 Å². The molecule has 0 heterocycles. The Morgan fingerprint density at radius 1 is 1.39 bits per heavy atom. The summed E-state index contributed by atoms with van der Waals surface area (Å²) in [5.41, 5.74) is 0.657. The van der Waals surface area contributed by atoms with Crippen LogP contribution in [0.5, 0.6) is 0 Å². The van der Waals surface area contributed by atoms with Crippen molar-refractivity contribution in [3.05, 3.63) is 11.6 Å². The van der Waals surface area contributed by atoms with Gasteiger partial charge in [0.2, 0.25) is 0 Å². The number of hydrogen-bond acceptors (Lipinski definition) is 4. The number of ketones is 1. The van der Waals surface area contributed by atoms with E-state index in [0.29, 0.717) is 18.6 Å². The third-order valence-electron chi connectivity index (χ3n) is 3.90. The lowest BCUT2D eigenvalue weighted by Crippen LogP contribution is -2.32. The summed E-state index contributed by atoms with van der Waals surface area (Å²) in [5.74, 6) is -0.645. The number of fused-ring (bicyclic) bond motifs is 2. The Bertz CT molecular complexity index is 372. The van der Waals surface area contributed by atoms with Crippen LogP contribution >= 0.6 is 0 Å². The van der Waals surface area contributed by atoms with Crippen LogP contribution in [0.15, 0.2) is 11.6 Å². The van der Waals surface area contributed by atoms with Crippen LogP contribution in [0.4, 0.5) is 0 Å². The van der Waals surface area contributed by atoms with Gasteiger partial charge in [-0.25, -0.2) is 0 Å². The number of Topliss-reactive ketones (excluding diaryl/α,β-unsaturated/α-hetero) is 1. The third kappa shape index (κ3) is 2.34. The minimum atomic E-state index is -0.389. The molecular weight excluding hydrogens is 232 g/mol. The first kappa shape index (κ1) is 13.3. The number of ether oxygens (including phenoxy) is 2. The van der Waals surface area contributed by atoms with Crippen LogP contribution in [0, 0.1) is 11.8 Å². The molecule has 0 amide bonds. The topological polar surface area (TPSA) is 52.6 Å². The maximum Gasteiger partial charge on any atom is 0.313 e. The van der Waals surface area contributed by atoms with E-state index in [-0.39, 0.29) is 29.7 Å². The predicted molar refractivity (Wildman–Crippen MR) is 66.0 cm³/mol. The van der Waals surface area contributed by atoms with E-state index in [4.69, 9.17) is 9.47 Å². The largest absolute Gasteiger partial charge is 0.466 e. The second-order valence-corrected chi connectivity index (χ2v) is 4.86. The van der Waals surface area contributed by atoms with Gasteiger partial charge < -0.3 is 9.47 Å². The summed E-state index contributed by atoms with van der Waals surface area (Å²) in [4.78, 5) is 24.3. The number of rotatable bonds is 3. The highest BCUT2D eigenvalue weighted by atomic mass is 16.5. The highest BCUT2D eigenvalue weighted by Crippen LogP contribution is 2.37. The third-order valence-corrected chi connectivity index (χ3v) is 3.90. The molecule has 18 heavy (non-hydrogen) atoms. The molecule has 2 aliphatic rings. The molecule has 0 saturated heterocycles. The molecule has 0 unspecified atom stereocenters. The van der Waals surface area contributed by atoms with E-state index in [1.54, 1.807) is 14.0 Å². The van der Waals surface area contributed by atoms with Crippen LogP contribution in [-0.2, 0) is 19.1 Å². The molecule has 4 heteroatoms. The van der Waals surface area contributed by atoms with Gasteiger partial charge in [0, 0.05) is 18.6 Å². The standard InChI is InChI=1S/C14H20O4/c1-3-18-14(16)10-7-8-12(17-2)11-6-4-5-9(10)13(11)15/h5,10-12H,3-4,6-8H2,1-2H3/t10-,11+,12+/m0/s1. The molecule has 3 atom stereocenters. The molecule has 0 N–H and O–H groups in total. The van der Waals surface area contributed by atoms with Gasteiger partial charge in [-0.2, -0.15) is 0 Å². The smallest absolute Gasteiger partial charge is 0.313 e. The van der Waals surface area contributed by atoms with Crippen LogP contribution < -0.4 is 0 Å². The van der Waals surface area contributed by atoms with Gasteiger partial charge in [0.15, 0.2) is 5.78 Å². The zero-order chi connectivity index (χ0) is 13.1. The molecule has 0 aromatic heterocycles. The number of hydrogen-bond donors (Lipinski definition) is 0. The molecule has 0 spiro atoms. The predicted octanol–water partition coefficient (Wildman–Crippen LogP) is 1.88. The minimum absolute atomic E-state index is 0.0550. The molecule has 1 saturated carbocycles. The fourth-order valence-corrected chi connectivity index (χ4v) is 2.99. The fourth-order valence-electron chi connectivity index (χ4n) is 2.99. The maximum absolute atomic E-state index is 12.4. The summed E-state index contributed by atoms with van der Waals surface area (Å²) in [5, 5.41) is 0. The molecule has 2 bridgehead atoms. The molecule has 4 nitrogen and oxygen atoms in total. The second-order valence-electron chi connectivity index (χ2n) is 4.86. The molecular formula is C14H20O4. The van der Waals surface area contributed by atoms with Crippen LogP contribution in [0.1, 0.15) is 32.6 Å². The summed E-state index contributed by atoms with van der Waals surface area (Å²) >= 11 is 0. The first-order chi connectivity index (χ1) is 8.69. The first-order valence-corrected chi connectivity index (χ1v) is 6.62. The zero-order valence-corrected chi connectivity index (χ0v) is 11.0. The maximum atomic E-state index is 12.4. The lowest BCUT2D eigenvalue weighted by Gasteiger charge is -2.25. The monoisotopic (exact) mass is 252 g/mol. The van der Waals surface area contributed by atoms with Gasteiger partial charge in [-0.15, -0.1) is 0 Å². The van der Waals surface area contributed by atoms with Crippen molar-refractivity contribution in [2.45, 2.75) is 38.7 Å². The lowest BCUT2D eigenvalue weighted by atomic mass is 9.82. The highest BCUT2D eigenvalue weighted by molar-refractivity contribution is 6.03. The quantitative estimate of drug-likeness (QED) is 0.720. The average Bonchev–Trinajstić information content (AvgIpc) is 2.45. The van der Waals surface area contributed by atoms with Gasteiger partial charge in [0.1, 0.15) is 0 Å². The van der Waals surface area contributed by atoms with Crippen molar-refractivity contribution in [3.8, 4) is 0 Å². The van der Waals surface area contributed by atoms with Crippen LogP contribution in [-0.4, -0.2) is 31.6 Å². The molecule has 2 aliphatic carbocycles. The summed E-state index contributed by atoms with van der Waals surface area (Å²) in [6.45, 7) is 2.14. The van der Waals surface area contributed by atoms with Crippen molar-refractivity contribution in [3.63, 3.8) is 0 Å². The first-order valence-electron chi connectivity index (χ1n) is 6.62. The van der Waals surface area contributed by atoms with Crippen molar-refractivity contribution in [2.24, 2.45) is 11.8 Å². The summed E-state index contributed by atoms with van der Waals surface area (Å²) in [6, 6.07) is 0. The molecule has 0 aromatic rings. The number of methoxy groups -OCH3 is 1. The summed E-state index contributed by atoms with van der Waals surface area (Å²) < 4.78 is 10.5. The van der Waals surface area contributed by atoms with Crippen LogP contribution in [0.3, 0.4) is 0 Å². The van der Waals surface area contributed by atoms with Gasteiger partial charge in [0.25, 0.3) is 0 Å². The van der Waals surface area contributed by atoms with E-state index in [9.17, 15) is 9.59 Å². The molecule has 2 rings (SSSR count). The number of allylic oxidation sites excluding steroid dienone is 1. The van der Waals surface area contributed by atoms with Crippen molar-refractivity contribution >= 4 is 11.8 Å². The van der Waals surface area contributed by atoms with E-state index < -0.39 is 0 Å². The van der Waals surface area contributed by atoms with E-state index in [0.717, 1.165) is 19.3 Å². The summed E-state index contributed by atoms with van der Waals surface area (Å²) in [7, 11) is 1.64. The molecule has 0 aliphatic heterocycles. The van der Waals surface area contributed by atoms with E-state index in [1.807, 2.05) is 6.08 Å².